The van der Waals surface area contributed by atoms with Gasteiger partial charge in [0, 0.05) is 23.5 Å². The summed E-state index contributed by atoms with van der Waals surface area (Å²) in [5.74, 6) is 1.94. The Balaban J connectivity index is 1.57. The van der Waals surface area contributed by atoms with Crippen molar-refractivity contribution in [3.05, 3.63) is 59.7 Å². The summed E-state index contributed by atoms with van der Waals surface area (Å²) in [6.45, 7) is 0. The van der Waals surface area contributed by atoms with E-state index in [1.54, 1.807) is 12.2 Å². The van der Waals surface area contributed by atoms with Crippen molar-refractivity contribution in [2.45, 2.75) is 6.42 Å². The van der Waals surface area contributed by atoms with Crippen LogP contribution in [0.4, 0.5) is 0 Å². The molecule has 9 nitrogen and oxygen atoms in total. The lowest BCUT2D eigenvalue weighted by molar-refractivity contribution is -0.121. The van der Waals surface area contributed by atoms with Crippen LogP contribution in [0.25, 0.3) is 45.9 Å². The second-order valence-corrected chi connectivity index (χ2v) is 7.79. The highest BCUT2D eigenvalue weighted by Crippen LogP contribution is 2.48. The Morgan fingerprint density at radius 3 is 2.06 bits per heavy atom. The van der Waals surface area contributed by atoms with Crippen molar-refractivity contribution in [2.75, 3.05) is 0 Å². The highest BCUT2D eigenvalue weighted by Gasteiger charge is 2.43. The van der Waals surface area contributed by atoms with Crippen LogP contribution in [0.15, 0.2) is 36.4 Å². The normalized spacial score (nSPS) is 21.1. The van der Waals surface area contributed by atoms with E-state index < -0.39 is 0 Å². The molecule has 0 saturated heterocycles. The number of carbonyl (C=O) groups is 1. The van der Waals surface area contributed by atoms with Gasteiger partial charge in [-0.25, -0.2) is 29.9 Å². The minimum Gasteiger partial charge on any atom is -0.325 e. The monoisotopic (exact) mass is 406 g/mol. The first-order valence-electron chi connectivity index (χ1n) is 10.00. The Labute approximate surface area is 174 Å². The number of allylic oxidation sites excluding steroid dienone is 4. The first-order valence-corrected chi connectivity index (χ1v) is 10.00. The van der Waals surface area contributed by atoms with Crippen LogP contribution < -0.4 is 0 Å². The molecule has 8 rings (SSSR count). The zero-order valence-corrected chi connectivity index (χ0v) is 16.1. The van der Waals surface area contributed by atoms with Crippen LogP contribution in [0, 0.1) is 11.8 Å². The predicted octanol–water partition coefficient (Wildman–Crippen LogP) is 2.75. The summed E-state index contributed by atoms with van der Waals surface area (Å²) in [6, 6.07) is 7.40. The van der Waals surface area contributed by atoms with E-state index in [2.05, 4.69) is 36.0 Å². The SMILES string of the molecule is O=C1CC2C=C[C@H]1C1=C2c2nc1nc1nc(nc3ccc(nc4ccc(n2)[nH]4)[nH]3)C=C1. The van der Waals surface area contributed by atoms with Crippen LogP contribution in [0.1, 0.15) is 29.7 Å². The number of ketones is 1. The van der Waals surface area contributed by atoms with E-state index in [0.717, 1.165) is 11.1 Å². The lowest BCUT2D eigenvalue weighted by Crippen LogP contribution is -2.28. The average molecular weight is 406 g/mol. The number of nitrogens with zero attached hydrogens (tertiary/aromatic N) is 6. The number of fused-ring (bicyclic) bond motifs is 9. The predicted molar refractivity (Wildman–Crippen MR) is 114 cm³/mol. The lowest BCUT2D eigenvalue weighted by Gasteiger charge is -2.30. The second-order valence-electron chi connectivity index (χ2n) is 7.79. The maximum Gasteiger partial charge on any atom is 0.161 e. The van der Waals surface area contributed by atoms with Crippen LogP contribution in [0.5, 0.6) is 0 Å². The third-order valence-corrected chi connectivity index (χ3v) is 5.81. The molecule has 9 heteroatoms. The van der Waals surface area contributed by atoms with Crippen LogP contribution in [0.2, 0.25) is 0 Å². The summed E-state index contributed by atoms with van der Waals surface area (Å²) in [7, 11) is 0. The first-order chi connectivity index (χ1) is 15.2. The molecule has 0 fully saturated rings. The number of aromatic nitrogens is 8. The molecule has 31 heavy (non-hydrogen) atoms. The molecule has 2 atom stereocenters. The van der Waals surface area contributed by atoms with Crippen molar-refractivity contribution in [3.8, 4) is 0 Å². The van der Waals surface area contributed by atoms with Gasteiger partial charge in [-0.3, -0.25) is 4.79 Å². The number of hydrogen-bond acceptors (Lipinski definition) is 7. The number of Topliss-reactive ketones (excluding diaryl/α,β-unsaturated/α-hetero) is 1. The molecule has 3 aliphatic carbocycles. The standard InChI is InChI=1S/C22H14N8O/c31-12-9-10-1-2-11(12)20-19(10)21-28-17-7-5-15(26-17)24-13-3-4-14(23-13)25-16-6-8-18(27-16)29-22(20)30-21/h1-8,10-11H,9H2,(H2,23,24,25,26,27,28,29,30)/t10?,11-/m1/s1. The van der Waals surface area contributed by atoms with Crippen molar-refractivity contribution in [3.63, 3.8) is 0 Å². The smallest absolute Gasteiger partial charge is 0.161 e. The molecule has 2 aliphatic heterocycles. The van der Waals surface area contributed by atoms with Crippen molar-refractivity contribution in [2.24, 2.45) is 11.8 Å². The fourth-order valence-corrected chi connectivity index (χ4v) is 4.47. The topological polar surface area (TPSA) is 126 Å². The molecule has 3 aromatic heterocycles. The molecular weight excluding hydrogens is 392 g/mol. The van der Waals surface area contributed by atoms with E-state index in [-0.39, 0.29) is 17.6 Å². The van der Waals surface area contributed by atoms with Crippen molar-refractivity contribution in [1.29, 1.82) is 0 Å². The van der Waals surface area contributed by atoms with Gasteiger partial charge in [0.1, 0.15) is 28.4 Å². The van der Waals surface area contributed by atoms with E-state index in [4.69, 9.17) is 9.97 Å². The van der Waals surface area contributed by atoms with Gasteiger partial charge in [0.25, 0.3) is 0 Å². The molecule has 2 N–H and O–H groups in total. The Bertz CT molecular complexity index is 1550. The molecule has 1 unspecified atom stereocenters. The molecule has 0 radical (unpaired) electrons. The van der Waals surface area contributed by atoms with Crippen LogP contribution in [-0.4, -0.2) is 45.7 Å². The van der Waals surface area contributed by atoms with E-state index in [1.807, 2.05) is 30.3 Å². The van der Waals surface area contributed by atoms with Gasteiger partial charge < -0.3 is 9.97 Å². The summed E-state index contributed by atoms with van der Waals surface area (Å²) in [6.07, 6.45) is 8.10. The number of carbonyl (C=O) groups excluding carboxylic acids is 1. The maximum atomic E-state index is 12.6. The zero-order chi connectivity index (χ0) is 20.5. The van der Waals surface area contributed by atoms with Gasteiger partial charge in [-0.1, -0.05) is 12.2 Å². The van der Waals surface area contributed by atoms with Gasteiger partial charge in [-0.2, -0.15) is 0 Å². The second kappa shape index (κ2) is 5.88. The van der Waals surface area contributed by atoms with E-state index in [0.29, 0.717) is 52.3 Å². The molecule has 148 valence electrons. The summed E-state index contributed by atoms with van der Waals surface area (Å²) in [5.41, 5.74) is 4.44. The largest absolute Gasteiger partial charge is 0.325 e. The minimum atomic E-state index is -0.331. The van der Waals surface area contributed by atoms with Crippen LogP contribution in [0.3, 0.4) is 0 Å². The fraction of sp³-hybridized carbons (Fsp3) is 0.136. The Hall–Kier alpha value is -4.27. The third-order valence-electron chi connectivity index (χ3n) is 5.81. The molecule has 10 bridgehead atoms. The lowest BCUT2D eigenvalue weighted by atomic mass is 9.71. The summed E-state index contributed by atoms with van der Waals surface area (Å²) >= 11 is 0. The highest BCUT2D eigenvalue weighted by atomic mass is 16.1. The summed E-state index contributed by atoms with van der Waals surface area (Å²) < 4.78 is 0. The number of aromatic amines is 2. The fourth-order valence-electron chi connectivity index (χ4n) is 4.47. The minimum absolute atomic E-state index is 0.0286. The molecule has 0 spiro atoms. The molecule has 5 aliphatic rings. The van der Waals surface area contributed by atoms with Crippen LogP contribution >= 0.6 is 0 Å². The number of nitrogens with one attached hydrogen (secondary N) is 2. The number of H-pyrrole nitrogens is 2. The molecule has 5 heterocycles. The van der Waals surface area contributed by atoms with Gasteiger partial charge in [0.15, 0.2) is 23.3 Å². The maximum absolute atomic E-state index is 12.6. The molecular formula is C22H14N8O. The molecule has 3 aromatic rings. The summed E-state index contributed by atoms with van der Waals surface area (Å²) in [4.78, 5) is 46.6. The molecule has 0 amide bonds. The van der Waals surface area contributed by atoms with Crippen molar-refractivity contribution < 1.29 is 4.79 Å². The Morgan fingerprint density at radius 1 is 0.677 bits per heavy atom. The Kier molecular flexibility index (Phi) is 3.13. The quantitative estimate of drug-likeness (QED) is 0.430. The number of rotatable bonds is 0. The summed E-state index contributed by atoms with van der Waals surface area (Å²) in [5, 5.41) is 0. The average Bonchev–Trinajstić information content (AvgIpc) is 3.53. The first kappa shape index (κ1) is 16.5. The van der Waals surface area contributed by atoms with Gasteiger partial charge in [-0.15, -0.1) is 0 Å². The van der Waals surface area contributed by atoms with Crippen molar-refractivity contribution in [1.82, 2.24) is 39.9 Å². The van der Waals surface area contributed by atoms with Gasteiger partial charge in [0.2, 0.25) is 0 Å². The van der Waals surface area contributed by atoms with Gasteiger partial charge in [-0.05, 0) is 36.4 Å². The molecule has 0 saturated carbocycles. The van der Waals surface area contributed by atoms with Gasteiger partial charge >= 0.3 is 0 Å². The Morgan fingerprint density at radius 2 is 1.32 bits per heavy atom. The highest BCUT2D eigenvalue weighted by molar-refractivity contribution is 6.09. The van der Waals surface area contributed by atoms with E-state index in [9.17, 15) is 4.79 Å². The zero-order valence-electron chi connectivity index (χ0n) is 16.1. The van der Waals surface area contributed by atoms with E-state index in [1.165, 1.54) is 0 Å². The van der Waals surface area contributed by atoms with E-state index >= 15 is 0 Å². The molecule has 0 aromatic carbocycles. The van der Waals surface area contributed by atoms with Crippen molar-refractivity contribution >= 4 is 51.7 Å². The van der Waals surface area contributed by atoms with Gasteiger partial charge in [0.05, 0.1) is 5.92 Å². The van der Waals surface area contributed by atoms with Crippen LogP contribution in [-0.2, 0) is 4.79 Å². The third kappa shape index (κ3) is 2.53. The number of hydrogen-bond donors (Lipinski definition) is 2.